The summed E-state index contributed by atoms with van der Waals surface area (Å²) in [5.74, 6) is -1.52. The monoisotopic (exact) mass is 296 g/mol. The van der Waals surface area contributed by atoms with Crippen molar-refractivity contribution in [2.75, 3.05) is 7.11 Å². The van der Waals surface area contributed by atoms with Gasteiger partial charge in [-0.1, -0.05) is 39.0 Å². The smallest absolute Gasteiger partial charge is 0.316 e. The molecule has 0 saturated heterocycles. The van der Waals surface area contributed by atoms with Crippen molar-refractivity contribution < 1.29 is 19.1 Å². The number of carbonyl (C=O) groups excluding carboxylic acids is 3. The molecule has 0 aromatic heterocycles. The highest BCUT2D eigenvalue weighted by Crippen LogP contribution is 2.38. The molecule has 0 aromatic carbocycles. The Morgan fingerprint density at radius 2 is 1.90 bits per heavy atom. The molecule has 0 aliphatic heterocycles. The lowest BCUT2D eigenvalue weighted by atomic mass is 9.79. The van der Waals surface area contributed by atoms with E-state index < -0.39 is 11.9 Å². The Hall–Kier alpha value is -1.19. The number of unbranched alkanes of at least 4 members (excludes halogenated alkanes) is 4. The standard InChI is InChI=1S/C17H28O4/c1-4-5-6-7-8-9-13-14(10-11-15(13)19)16(12(2)18)17(20)21-3/h13-14,16H,4-11H2,1-3H3. The van der Waals surface area contributed by atoms with Gasteiger partial charge in [0, 0.05) is 12.3 Å². The van der Waals surface area contributed by atoms with Crippen LogP contribution in [0.1, 0.15) is 65.2 Å². The lowest BCUT2D eigenvalue weighted by Gasteiger charge is -2.24. The van der Waals surface area contributed by atoms with Crippen molar-refractivity contribution in [3.63, 3.8) is 0 Å². The van der Waals surface area contributed by atoms with Gasteiger partial charge in [-0.25, -0.2) is 0 Å². The fourth-order valence-electron chi connectivity index (χ4n) is 3.45. The fourth-order valence-corrected chi connectivity index (χ4v) is 3.45. The number of carbonyl (C=O) groups is 3. The Balaban J connectivity index is 2.64. The van der Waals surface area contributed by atoms with Gasteiger partial charge in [-0.05, 0) is 25.7 Å². The third kappa shape index (κ3) is 4.94. The second-order valence-electron chi connectivity index (χ2n) is 6.09. The number of hydrogen-bond acceptors (Lipinski definition) is 4. The highest BCUT2D eigenvalue weighted by atomic mass is 16.5. The maximum atomic E-state index is 12.1. The van der Waals surface area contributed by atoms with Gasteiger partial charge < -0.3 is 4.74 Å². The van der Waals surface area contributed by atoms with E-state index in [4.69, 9.17) is 4.74 Å². The molecule has 120 valence electrons. The first kappa shape index (κ1) is 17.9. The Labute approximate surface area is 127 Å². The zero-order valence-electron chi connectivity index (χ0n) is 13.5. The molecule has 1 saturated carbocycles. The molecule has 0 bridgehead atoms. The molecular formula is C17H28O4. The number of hydrogen-bond donors (Lipinski definition) is 0. The summed E-state index contributed by atoms with van der Waals surface area (Å²) in [7, 11) is 1.30. The topological polar surface area (TPSA) is 60.4 Å². The summed E-state index contributed by atoms with van der Waals surface area (Å²) in [4.78, 5) is 35.7. The summed E-state index contributed by atoms with van der Waals surface area (Å²) >= 11 is 0. The molecule has 4 nitrogen and oxygen atoms in total. The summed E-state index contributed by atoms with van der Waals surface area (Å²) in [6.07, 6.45) is 7.65. The minimum Gasteiger partial charge on any atom is -0.468 e. The van der Waals surface area contributed by atoms with E-state index in [2.05, 4.69) is 6.92 Å². The lowest BCUT2D eigenvalue weighted by Crippen LogP contribution is -2.34. The minimum absolute atomic E-state index is 0.139. The zero-order valence-corrected chi connectivity index (χ0v) is 13.5. The van der Waals surface area contributed by atoms with Crippen LogP contribution < -0.4 is 0 Å². The first-order valence-corrected chi connectivity index (χ1v) is 8.13. The predicted octanol–water partition coefficient (Wildman–Crippen LogP) is 3.32. The van der Waals surface area contributed by atoms with E-state index in [1.54, 1.807) is 0 Å². The van der Waals surface area contributed by atoms with Crippen LogP contribution >= 0.6 is 0 Å². The van der Waals surface area contributed by atoms with Crippen LogP contribution in [0.15, 0.2) is 0 Å². The Kier molecular flexibility index (Phi) is 7.62. The van der Waals surface area contributed by atoms with E-state index in [0.717, 1.165) is 19.3 Å². The second kappa shape index (κ2) is 8.96. The van der Waals surface area contributed by atoms with Gasteiger partial charge in [0.05, 0.1) is 7.11 Å². The van der Waals surface area contributed by atoms with Gasteiger partial charge in [-0.3, -0.25) is 14.4 Å². The van der Waals surface area contributed by atoms with Crippen LogP contribution in [0.5, 0.6) is 0 Å². The average Bonchev–Trinajstić information content (AvgIpc) is 2.80. The van der Waals surface area contributed by atoms with Crippen molar-refractivity contribution in [1.29, 1.82) is 0 Å². The number of ketones is 2. The molecule has 4 heteroatoms. The van der Waals surface area contributed by atoms with E-state index in [1.165, 1.54) is 33.3 Å². The zero-order chi connectivity index (χ0) is 15.8. The number of rotatable bonds is 9. The van der Waals surface area contributed by atoms with Crippen molar-refractivity contribution in [3.05, 3.63) is 0 Å². The third-order valence-corrected chi connectivity index (χ3v) is 4.59. The maximum absolute atomic E-state index is 12.1. The van der Waals surface area contributed by atoms with Crippen LogP contribution in [0.3, 0.4) is 0 Å². The molecule has 0 N–H and O–H groups in total. The first-order chi connectivity index (χ1) is 10.0. The van der Waals surface area contributed by atoms with Gasteiger partial charge >= 0.3 is 5.97 Å². The highest BCUT2D eigenvalue weighted by molar-refractivity contribution is 5.99. The van der Waals surface area contributed by atoms with Crippen LogP contribution in [0, 0.1) is 17.8 Å². The fraction of sp³-hybridized carbons (Fsp3) is 0.824. The largest absolute Gasteiger partial charge is 0.468 e. The van der Waals surface area contributed by atoms with Crippen LogP contribution in [0.25, 0.3) is 0 Å². The number of ether oxygens (including phenoxy) is 1. The summed E-state index contributed by atoms with van der Waals surface area (Å²) in [5, 5.41) is 0. The molecule has 3 unspecified atom stereocenters. The molecule has 0 amide bonds. The van der Waals surface area contributed by atoms with Crippen molar-refractivity contribution in [2.24, 2.45) is 17.8 Å². The SMILES string of the molecule is CCCCCCCC1C(=O)CCC1C(C(C)=O)C(=O)OC. The summed E-state index contributed by atoms with van der Waals surface area (Å²) in [6, 6.07) is 0. The van der Waals surface area contributed by atoms with Gasteiger partial charge in [0.25, 0.3) is 0 Å². The van der Waals surface area contributed by atoms with Gasteiger partial charge in [-0.15, -0.1) is 0 Å². The van der Waals surface area contributed by atoms with E-state index in [-0.39, 0.29) is 23.4 Å². The molecule has 0 radical (unpaired) electrons. The van der Waals surface area contributed by atoms with Crippen molar-refractivity contribution >= 4 is 17.5 Å². The van der Waals surface area contributed by atoms with E-state index in [1.807, 2.05) is 0 Å². The van der Waals surface area contributed by atoms with Crippen LogP contribution in [0.2, 0.25) is 0 Å². The Bertz CT molecular complexity index is 375. The number of methoxy groups -OCH3 is 1. The predicted molar refractivity (Wildman–Crippen MR) is 80.8 cm³/mol. The molecule has 0 heterocycles. The molecule has 0 spiro atoms. The molecule has 1 rings (SSSR count). The van der Waals surface area contributed by atoms with Gasteiger partial charge in [0.2, 0.25) is 0 Å². The first-order valence-electron chi connectivity index (χ1n) is 8.13. The molecular weight excluding hydrogens is 268 g/mol. The normalized spacial score (nSPS) is 23.1. The minimum atomic E-state index is -0.762. The summed E-state index contributed by atoms with van der Waals surface area (Å²) in [5.41, 5.74) is 0. The van der Waals surface area contributed by atoms with Crippen molar-refractivity contribution in [1.82, 2.24) is 0 Å². The molecule has 1 aliphatic rings. The maximum Gasteiger partial charge on any atom is 0.316 e. The van der Waals surface area contributed by atoms with E-state index in [0.29, 0.717) is 12.8 Å². The molecule has 1 fully saturated rings. The van der Waals surface area contributed by atoms with Gasteiger partial charge in [-0.2, -0.15) is 0 Å². The molecule has 1 aliphatic carbocycles. The Morgan fingerprint density at radius 1 is 1.24 bits per heavy atom. The third-order valence-electron chi connectivity index (χ3n) is 4.59. The highest BCUT2D eigenvalue weighted by Gasteiger charge is 2.44. The van der Waals surface area contributed by atoms with Crippen molar-refractivity contribution in [2.45, 2.75) is 65.2 Å². The number of esters is 1. The summed E-state index contributed by atoms with van der Waals surface area (Å²) < 4.78 is 4.76. The van der Waals surface area contributed by atoms with Crippen LogP contribution in [-0.4, -0.2) is 24.6 Å². The quantitative estimate of drug-likeness (QED) is 0.372. The van der Waals surface area contributed by atoms with Crippen molar-refractivity contribution in [3.8, 4) is 0 Å². The molecule has 3 atom stereocenters. The van der Waals surface area contributed by atoms with Gasteiger partial charge in [0.1, 0.15) is 17.5 Å². The van der Waals surface area contributed by atoms with Crippen LogP contribution in [0.4, 0.5) is 0 Å². The summed E-state index contributed by atoms with van der Waals surface area (Å²) in [6.45, 7) is 3.59. The van der Waals surface area contributed by atoms with Gasteiger partial charge in [0.15, 0.2) is 0 Å². The molecule has 0 aromatic rings. The van der Waals surface area contributed by atoms with Crippen LogP contribution in [-0.2, 0) is 19.1 Å². The van der Waals surface area contributed by atoms with E-state index >= 15 is 0 Å². The van der Waals surface area contributed by atoms with E-state index in [9.17, 15) is 14.4 Å². The lowest BCUT2D eigenvalue weighted by molar-refractivity contribution is -0.152. The number of Topliss-reactive ketones (excluding diaryl/α,β-unsaturated/α-hetero) is 2. The molecule has 21 heavy (non-hydrogen) atoms. The Morgan fingerprint density at radius 3 is 2.48 bits per heavy atom. The second-order valence-corrected chi connectivity index (χ2v) is 6.09. The average molecular weight is 296 g/mol.